The number of fused-ring (bicyclic) bond motifs is 8. The summed E-state index contributed by atoms with van der Waals surface area (Å²) in [4.78, 5) is 0. The molecule has 0 atom stereocenters. The van der Waals surface area contributed by atoms with E-state index in [1.54, 1.807) is 0 Å². The van der Waals surface area contributed by atoms with Crippen molar-refractivity contribution in [1.29, 1.82) is 0 Å². The first-order valence-corrected chi connectivity index (χ1v) is 14.1. The van der Waals surface area contributed by atoms with Gasteiger partial charge in [-0.15, -0.1) is 0 Å². The Morgan fingerprint density at radius 3 is 1.90 bits per heavy atom. The van der Waals surface area contributed by atoms with Crippen LogP contribution in [-0.4, -0.2) is 9.13 Å². The van der Waals surface area contributed by atoms with Crippen LogP contribution in [0.25, 0.3) is 71.6 Å². The molecule has 42 heavy (non-hydrogen) atoms. The Kier molecular flexibility index (Phi) is 5.41. The number of nitrogens with two attached hydrogens (primary N) is 2. The molecular weight excluding hydrogens is 512 g/mol. The molecule has 200 valence electrons. The molecule has 4 N–H and O–H groups in total. The summed E-state index contributed by atoms with van der Waals surface area (Å²) >= 11 is 0. The number of para-hydroxylation sites is 3. The van der Waals surface area contributed by atoms with Crippen molar-refractivity contribution in [2.24, 2.45) is 11.5 Å². The SMILES string of the molecule is N/C(=C\C=C(/N)n1c2ccccc2c2cc3ccc4c5ccccc5n(-c5ccccc5)c4c3cc21)c1ccccc1. The first-order chi connectivity index (χ1) is 20.7. The minimum absolute atomic E-state index is 0.607. The predicted molar refractivity (Wildman–Crippen MR) is 178 cm³/mol. The van der Waals surface area contributed by atoms with E-state index in [0.29, 0.717) is 11.5 Å². The van der Waals surface area contributed by atoms with E-state index < -0.39 is 0 Å². The standard InChI is InChI=1S/C38H28N4/c39-33(25-11-3-1-4-12-25)21-22-37(40)42-35-18-10-8-16-29(35)32-23-26-19-20-30-28-15-7-9-17-34(28)41(27-13-5-2-6-14-27)38(30)31(26)24-36(32)42/h1-24H,39-40H2/b33-21-,37-22+. The van der Waals surface area contributed by atoms with Crippen molar-refractivity contribution in [2.45, 2.75) is 0 Å². The summed E-state index contributed by atoms with van der Waals surface area (Å²) in [5, 5.41) is 7.15. The molecular formula is C38H28N4. The number of hydrogen-bond acceptors (Lipinski definition) is 2. The van der Waals surface area contributed by atoms with E-state index >= 15 is 0 Å². The van der Waals surface area contributed by atoms with Crippen LogP contribution in [0.2, 0.25) is 0 Å². The average Bonchev–Trinajstić information content (AvgIpc) is 3.56. The Bertz CT molecular complexity index is 2350. The fourth-order valence-corrected chi connectivity index (χ4v) is 6.35. The zero-order chi connectivity index (χ0) is 28.2. The molecule has 0 fully saturated rings. The van der Waals surface area contributed by atoms with Gasteiger partial charge in [-0.2, -0.15) is 0 Å². The molecule has 0 radical (unpaired) electrons. The molecule has 8 rings (SSSR count). The van der Waals surface area contributed by atoms with Gasteiger partial charge < -0.3 is 16.0 Å². The minimum atomic E-state index is 0.607. The van der Waals surface area contributed by atoms with Crippen molar-refractivity contribution >= 4 is 65.9 Å². The average molecular weight is 541 g/mol. The molecule has 0 saturated carbocycles. The molecule has 0 aliphatic heterocycles. The van der Waals surface area contributed by atoms with E-state index in [0.717, 1.165) is 33.1 Å². The van der Waals surface area contributed by atoms with Gasteiger partial charge in [0, 0.05) is 38.3 Å². The summed E-state index contributed by atoms with van der Waals surface area (Å²) in [7, 11) is 0. The van der Waals surface area contributed by atoms with Gasteiger partial charge in [0.2, 0.25) is 0 Å². The number of allylic oxidation sites excluding steroid dienone is 2. The highest BCUT2D eigenvalue weighted by Crippen LogP contribution is 2.40. The normalized spacial score (nSPS) is 12.8. The Morgan fingerprint density at radius 2 is 1.14 bits per heavy atom. The summed E-state index contributed by atoms with van der Waals surface area (Å²) in [5.41, 5.74) is 20.5. The zero-order valence-corrected chi connectivity index (χ0v) is 22.9. The maximum atomic E-state index is 6.86. The van der Waals surface area contributed by atoms with Crippen LogP contribution in [0.3, 0.4) is 0 Å². The lowest BCUT2D eigenvalue weighted by Gasteiger charge is -2.11. The third-order valence-electron chi connectivity index (χ3n) is 8.26. The fraction of sp³-hybridized carbons (Fsp3) is 0. The van der Waals surface area contributed by atoms with Gasteiger partial charge in [0.25, 0.3) is 0 Å². The van der Waals surface area contributed by atoms with E-state index in [1.807, 2.05) is 42.5 Å². The lowest BCUT2D eigenvalue weighted by molar-refractivity contribution is 1.17. The van der Waals surface area contributed by atoms with Gasteiger partial charge in [0.1, 0.15) is 5.82 Å². The van der Waals surface area contributed by atoms with Crippen LogP contribution in [0, 0.1) is 0 Å². The van der Waals surface area contributed by atoms with Gasteiger partial charge in [-0.05, 0) is 59.5 Å². The Hall–Kier alpha value is -5.74. The van der Waals surface area contributed by atoms with Gasteiger partial charge in [0.05, 0.1) is 22.1 Å². The summed E-state index contributed by atoms with van der Waals surface area (Å²) in [6.45, 7) is 0. The molecule has 4 heteroatoms. The van der Waals surface area contributed by atoms with Gasteiger partial charge in [-0.25, -0.2) is 0 Å². The molecule has 0 unspecified atom stereocenters. The van der Waals surface area contributed by atoms with Crippen LogP contribution in [0.1, 0.15) is 5.56 Å². The second-order valence-corrected chi connectivity index (χ2v) is 10.7. The van der Waals surface area contributed by atoms with Crippen LogP contribution >= 0.6 is 0 Å². The maximum absolute atomic E-state index is 6.86. The van der Waals surface area contributed by atoms with E-state index in [4.69, 9.17) is 11.5 Å². The summed E-state index contributed by atoms with van der Waals surface area (Å²) < 4.78 is 4.53. The molecule has 4 nitrogen and oxygen atoms in total. The molecule has 0 spiro atoms. The van der Waals surface area contributed by atoms with Crippen molar-refractivity contribution in [2.75, 3.05) is 0 Å². The highest BCUT2D eigenvalue weighted by molar-refractivity contribution is 6.22. The summed E-state index contributed by atoms with van der Waals surface area (Å²) in [6, 6.07) is 46.7. The van der Waals surface area contributed by atoms with Crippen LogP contribution in [0.4, 0.5) is 0 Å². The maximum Gasteiger partial charge on any atom is 0.108 e. The van der Waals surface area contributed by atoms with E-state index in [9.17, 15) is 0 Å². The Labute approximate surface area is 243 Å². The molecule has 0 aliphatic carbocycles. The van der Waals surface area contributed by atoms with Crippen molar-refractivity contribution in [3.05, 3.63) is 151 Å². The second kappa shape index (κ2) is 9.43. The molecule has 6 aromatic carbocycles. The highest BCUT2D eigenvalue weighted by Gasteiger charge is 2.18. The quantitative estimate of drug-likeness (QED) is 0.219. The number of nitrogens with zero attached hydrogens (tertiary/aromatic N) is 2. The minimum Gasteiger partial charge on any atom is -0.398 e. The van der Waals surface area contributed by atoms with Crippen molar-refractivity contribution < 1.29 is 0 Å². The van der Waals surface area contributed by atoms with E-state index in [1.165, 1.54) is 32.6 Å². The first kappa shape index (κ1) is 24.1. The van der Waals surface area contributed by atoms with E-state index in [2.05, 4.69) is 112 Å². The van der Waals surface area contributed by atoms with Crippen LogP contribution < -0.4 is 11.5 Å². The highest BCUT2D eigenvalue weighted by atomic mass is 15.1. The molecule has 0 saturated heterocycles. The second-order valence-electron chi connectivity index (χ2n) is 10.7. The largest absolute Gasteiger partial charge is 0.398 e. The van der Waals surface area contributed by atoms with Crippen molar-refractivity contribution in [3.8, 4) is 5.69 Å². The number of rotatable bonds is 4. The molecule has 0 amide bonds. The van der Waals surface area contributed by atoms with Crippen LogP contribution in [0.5, 0.6) is 0 Å². The summed E-state index contributed by atoms with van der Waals surface area (Å²) in [6.07, 6.45) is 3.79. The molecule has 2 heterocycles. The van der Waals surface area contributed by atoms with Gasteiger partial charge >= 0.3 is 0 Å². The number of hydrogen-bond donors (Lipinski definition) is 2. The first-order valence-electron chi connectivity index (χ1n) is 14.1. The van der Waals surface area contributed by atoms with Gasteiger partial charge in [-0.1, -0.05) is 97.1 Å². The van der Waals surface area contributed by atoms with E-state index in [-0.39, 0.29) is 0 Å². The Morgan fingerprint density at radius 1 is 0.500 bits per heavy atom. The molecule has 8 aromatic rings. The zero-order valence-electron chi connectivity index (χ0n) is 22.9. The van der Waals surface area contributed by atoms with Gasteiger partial charge in [-0.3, -0.25) is 4.57 Å². The van der Waals surface area contributed by atoms with Crippen molar-refractivity contribution in [3.63, 3.8) is 0 Å². The van der Waals surface area contributed by atoms with Crippen LogP contribution in [0.15, 0.2) is 146 Å². The Balaban J connectivity index is 1.46. The lowest BCUT2D eigenvalue weighted by atomic mass is 10.0. The van der Waals surface area contributed by atoms with Crippen molar-refractivity contribution in [1.82, 2.24) is 9.13 Å². The molecule has 0 bridgehead atoms. The topological polar surface area (TPSA) is 61.9 Å². The summed E-state index contributed by atoms with van der Waals surface area (Å²) in [5.74, 6) is 0.607. The third kappa shape index (κ3) is 3.62. The smallest absolute Gasteiger partial charge is 0.108 e. The monoisotopic (exact) mass is 540 g/mol. The lowest BCUT2D eigenvalue weighted by Crippen LogP contribution is -2.06. The van der Waals surface area contributed by atoms with Crippen LogP contribution in [-0.2, 0) is 0 Å². The third-order valence-corrected chi connectivity index (χ3v) is 8.26. The number of benzene rings is 6. The predicted octanol–water partition coefficient (Wildman–Crippen LogP) is 8.80. The molecule has 0 aliphatic rings. The number of aromatic nitrogens is 2. The fourth-order valence-electron chi connectivity index (χ4n) is 6.35. The molecule has 2 aromatic heterocycles. The van der Waals surface area contributed by atoms with Gasteiger partial charge in [0.15, 0.2) is 0 Å².